The van der Waals surface area contributed by atoms with Crippen molar-refractivity contribution in [2.45, 2.75) is 12.3 Å². The number of nitrogens with zero attached hydrogens (tertiary/aromatic N) is 1. The van der Waals surface area contributed by atoms with Gasteiger partial charge in [0.1, 0.15) is 5.76 Å². The Labute approximate surface area is 129 Å². The maximum atomic E-state index is 12.6. The van der Waals surface area contributed by atoms with Gasteiger partial charge in [-0.05, 0) is 36.8 Å². The molecule has 1 unspecified atom stereocenters. The van der Waals surface area contributed by atoms with E-state index in [1.807, 2.05) is 17.0 Å². The molecule has 0 bridgehead atoms. The summed E-state index contributed by atoms with van der Waals surface area (Å²) in [4.78, 5) is 14.5. The minimum absolute atomic E-state index is 0.00927. The van der Waals surface area contributed by atoms with Gasteiger partial charge in [0.05, 0.1) is 20.5 Å². The normalized spacial score (nSPS) is 17.5. The van der Waals surface area contributed by atoms with Gasteiger partial charge in [0.15, 0.2) is 11.5 Å². The van der Waals surface area contributed by atoms with Crippen LogP contribution in [0.15, 0.2) is 41.0 Å². The van der Waals surface area contributed by atoms with Crippen LogP contribution in [0.1, 0.15) is 28.5 Å². The van der Waals surface area contributed by atoms with Crippen LogP contribution in [-0.2, 0) is 0 Å². The lowest BCUT2D eigenvalue weighted by atomic mass is 10.1. The fourth-order valence-electron chi connectivity index (χ4n) is 2.85. The number of rotatable bonds is 4. The van der Waals surface area contributed by atoms with Gasteiger partial charge in [-0.25, -0.2) is 0 Å². The molecule has 1 aliphatic heterocycles. The molecule has 1 fully saturated rings. The van der Waals surface area contributed by atoms with E-state index in [0.29, 0.717) is 23.6 Å². The monoisotopic (exact) mass is 301 g/mol. The predicted octanol–water partition coefficient (Wildman–Crippen LogP) is 2.93. The molecule has 0 saturated carbocycles. The Hall–Kier alpha value is -2.43. The topological polar surface area (TPSA) is 51.9 Å². The number of carbonyl (C=O) groups excluding carboxylic acids is 1. The zero-order chi connectivity index (χ0) is 15.5. The molecule has 1 aliphatic rings. The molecule has 1 atom stereocenters. The Kier molecular flexibility index (Phi) is 4.04. The molecule has 5 nitrogen and oxygen atoms in total. The van der Waals surface area contributed by atoms with Crippen molar-refractivity contribution in [2.75, 3.05) is 27.3 Å². The molecule has 0 aliphatic carbocycles. The standard InChI is InChI=1S/C17H19NO4/c1-20-15-6-5-12(10-16(15)21-2)17(19)18-8-7-13(11-18)14-4-3-9-22-14/h3-6,9-10,13H,7-8,11H2,1-2H3. The fourth-order valence-corrected chi connectivity index (χ4v) is 2.85. The largest absolute Gasteiger partial charge is 0.493 e. The van der Waals surface area contributed by atoms with Crippen molar-refractivity contribution in [3.05, 3.63) is 47.9 Å². The average Bonchev–Trinajstić information content (AvgIpc) is 3.24. The Morgan fingerprint density at radius 1 is 1.23 bits per heavy atom. The van der Waals surface area contributed by atoms with E-state index in [1.165, 1.54) is 0 Å². The van der Waals surface area contributed by atoms with Gasteiger partial charge in [-0.2, -0.15) is 0 Å². The van der Waals surface area contributed by atoms with Crippen LogP contribution in [0.3, 0.4) is 0 Å². The highest BCUT2D eigenvalue weighted by molar-refractivity contribution is 5.95. The highest BCUT2D eigenvalue weighted by atomic mass is 16.5. The van der Waals surface area contributed by atoms with Crippen molar-refractivity contribution in [3.63, 3.8) is 0 Å². The van der Waals surface area contributed by atoms with Gasteiger partial charge in [0, 0.05) is 24.6 Å². The highest BCUT2D eigenvalue weighted by Gasteiger charge is 2.29. The second kappa shape index (κ2) is 6.13. The summed E-state index contributed by atoms with van der Waals surface area (Å²) >= 11 is 0. The molecule has 116 valence electrons. The lowest BCUT2D eigenvalue weighted by molar-refractivity contribution is 0.0789. The summed E-state index contributed by atoms with van der Waals surface area (Å²) in [7, 11) is 3.14. The average molecular weight is 301 g/mol. The number of hydrogen-bond donors (Lipinski definition) is 0. The fraction of sp³-hybridized carbons (Fsp3) is 0.353. The number of amides is 1. The molecule has 5 heteroatoms. The summed E-state index contributed by atoms with van der Waals surface area (Å²) in [5, 5.41) is 0. The van der Waals surface area contributed by atoms with Gasteiger partial charge in [0.2, 0.25) is 0 Å². The zero-order valence-electron chi connectivity index (χ0n) is 12.7. The SMILES string of the molecule is COc1ccc(C(=O)N2CCC(c3ccco3)C2)cc1OC. The number of carbonyl (C=O) groups is 1. The first kappa shape index (κ1) is 14.5. The molecule has 22 heavy (non-hydrogen) atoms. The van der Waals surface area contributed by atoms with Gasteiger partial charge in [-0.15, -0.1) is 0 Å². The van der Waals surface area contributed by atoms with E-state index in [4.69, 9.17) is 13.9 Å². The van der Waals surface area contributed by atoms with Crippen molar-refractivity contribution in [2.24, 2.45) is 0 Å². The summed E-state index contributed by atoms with van der Waals surface area (Å²) in [5.74, 6) is 2.42. The van der Waals surface area contributed by atoms with E-state index in [9.17, 15) is 4.79 Å². The van der Waals surface area contributed by atoms with Crippen LogP contribution in [0, 0.1) is 0 Å². The molecule has 3 rings (SSSR count). The number of benzene rings is 1. The van der Waals surface area contributed by atoms with E-state index < -0.39 is 0 Å². The van der Waals surface area contributed by atoms with Gasteiger partial charge >= 0.3 is 0 Å². The summed E-state index contributed by atoms with van der Waals surface area (Å²) in [6.07, 6.45) is 2.60. The third-order valence-corrected chi connectivity index (χ3v) is 4.05. The Morgan fingerprint density at radius 2 is 2.05 bits per heavy atom. The zero-order valence-corrected chi connectivity index (χ0v) is 12.7. The molecule has 0 N–H and O–H groups in total. The van der Waals surface area contributed by atoms with E-state index >= 15 is 0 Å². The number of furan rings is 1. The molecular formula is C17H19NO4. The molecule has 2 heterocycles. The Bertz CT molecular complexity index is 651. The molecule has 2 aromatic rings. The number of hydrogen-bond acceptors (Lipinski definition) is 4. The van der Waals surface area contributed by atoms with Crippen LogP contribution in [0.2, 0.25) is 0 Å². The van der Waals surface area contributed by atoms with Crippen LogP contribution in [-0.4, -0.2) is 38.1 Å². The van der Waals surface area contributed by atoms with Crippen LogP contribution in [0.5, 0.6) is 11.5 Å². The number of likely N-dealkylation sites (tertiary alicyclic amines) is 1. The van der Waals surface area contributed by atoms with Crippen molar-refractivity contribution < 1.29 is 18.7 Å². The minimum atomic E-state index is 0.00927. The molecule has 0 radical (unpaired) electrons. The van der Waals surface area contributed by atoms with Crippen LogP contribution in [0.4, 0.5) is 0 Å². The maximum absolute atomic E-state index is 12.6. The van der Waals surface area contributed by atoms with Gasteiger partial charge in [-0.3, -0.25) is 4.79 Å². The smallest absolute Gasteiger partial charge is 0.254 e. The summed E-state index contributed by atoms with van der Waals surface area (Å²) in [6.45, 7) is 1.42. The van der Waals surface area contributed by atoms with Crippen molar-refractivity contribution in [1.29, 1.82) is 0 Å². The first-order valence-electron chi connectivity index (χ1n) is 7.27. The molecule has 0 spiro atoms. The van der Waals surface area contributed by atoms with Crippen LogP contribution in [0.25, 0.3) is 0 Å². The Balaban J connectivity index is 1.75. The quantitative estimate of drug-likeness (QED) is 0.871. The predicted molar refractivity (Wildman–Crippen MR) is 81.5 cm³/mol. The molecule has 1 amide bonds. The Morgan fingerprint density at radius 3 is 2.73 bits per heavy atom. The van der Waals surface area contributed by atoms with Crippen molar-refractivity contribution >= 4 is 5.91 Å². The van der Waals surface area contributed by atoms with E-state index in [-0.39, 0.29) is 11.8 Å². The summed E-state index contributed by atoms with van der Waals surface area (Å²) in [6, 6.07) is 9.10. The molecule has 1 saturated heterocycles. The minimum Gasteiger partial charge on any atom is -0.493 e. The second-order valence-electron chi connectivity index (χ2n) is 5.32. The third kappa shape index (κ3) is 2.66. The first-order valence-corrected chi connectivity index (χ1v) is 7.27. The van der Waals surface area contributed by atoms with E-state index in [1.54, 1.807) is 38.7 Å². The van der Waals surface area contributed by atoms with Crippen molar-refractivity contribution in [3.8, 4) is 11.5 Å². The number of ether oxygens (including phenoxy) is 2. The lowest BCUT2D eigenvalue weighted by Crippen LogP contribution is -2.28. The lowest BCUT2D eigenvalue weighted by Gasteiger charge is -2.17. The van der Waals surface area contributed by atoms with Gasteiger partial charge < -0.3 is 18.8 Å². The highest BCUT2D eigenvalue weighted by Crippen LogP contribution is 2.31. The molecule has 1 aromatic carbocycles. The van der Waals surface area contributed by atoms with Crippen LogP contribution < -0.4 is 9.47 Å². The first-order chi connectivity index (χ1) is 10.7. The van der Waals surface area contributed by atoms with Gasteiger partial charge in [0.25, 0.3) is 5.91 Å². The summed E-state index contributed by atoms with van der Waals surface area (Å²) in [5.41, 5.74) is 0.609. The van der Waals surface area contributed by atoms with Gasteiger partial charge in [-0.1, -0.05) is 0 Å². The second-order valence-corrected chi connectivity index (χ2v) is 5.32. The van der Waals surface area contributed by atoms with Crippen molar-refractivity contribution in [1.82, 2.24) is 4.90 Å². The maximum Gasteiger partial charge on any atom is 0.254 e. The van der Waals surface area contributed by atoms with E-state index in [0.717, 1.165) is 18.7 Å². The molecular weight excluding hydrogens is 282 g/mol. The number of methoxy groups -OCH3 is 2. The van der Waals surface area contributed by atoms with E-state index in [2.05, 4.69) is 0 Å². The third-order valence-electron chi connectivity index (χ3n) is 4.05. The molecule has 1 aromatic heterocycles. The van der Waals surface area contributed by atoms with Crippen LogP contribution >= 0.6 is 0 Å². The summed E-state index contributed by atoms with van der Waals surface area (Å²) < 4.78 is 15.9.